The molecule has 0 saturated heterocycles. The monoisotopic (exact) mass is 320 g/mol. The lowest BCUT2D eigenvalue weighted by molar-refractivity contribution is 0.176. The molecule has 0 aromatic carbocycles. The fourth-order valence-electron chi connectivity index (χ4n) is 2.41. The van der Waals surface area contributed by atoms with Crippen LogP contribution in [0.2, 0.25) is 0 Å². The van der Waals surface area contributed by atoms with Crippen LogP contribution in [0.1, 0.15) is 41.8 Å². The molecule has 0 aliphatic heterocycles. The van der Waals surface area contributed by atoms with E-state index in [1.165, 1.54) is 17.8 Å². The molecule has 2 heterocycles. The van der Waals surface area contributed by atoms with Crippen LogP contribution in [0.5, 0.6) is 0 Å². The molecule has 2 aromatic heterocycles. The minimum absolute atomic E-state index is 0.190. The summed E-state index contributed by atoms with van der Waals surface area (Å²) in [5.74, 6) is 3.01. The first kappa shape index (κ1) is 15.1. The number of hydrogen-bond acceptors (Lipinski definition) is 4. The van der Waals surface area contributed by atoms with Gasteiger partial charge in [-0.2, -0.15) is 0 Å². The average Bonchev–Trinajstić information content (AvgIpc) is 2.98. The Morgan fingerprint density at radius 1 is 1.45 bits per heavy atom. The van der Waals surface area contributed by atoms with Gasteiger partial charge in [0.25, 0.3) is 0 Å². The summed E-state index contributed by atoms with van der Waals surface area (Å²) in [6, 6.07) is 7.30. The summed E-state index contributed by atoms with van der Waals surface area (Å²) >= 11 is 1.47. The zero-order valence-electron chi connectivity index (χ0n) is 12.4. The number of carbonyl (C=O) groups is 1. The second-order valence-electron chi connectivity index (χ2n) is 5.72. The van der Waals surface area contributed by atoms with E-state index in [0.29, 0.717) is 18.4 Å². The lowest BCUT2D eigenvalue weighted by atomic mass is 10.3. The Balaban J connectivity index is 1.39. The smallest absolute Gasteiger partial charge is 0.315 e. The second kappa shape index (κ2) is 6.54. The van der Waals surface area contributed by atoms with Gasteiger partial charge in [-0.1, -0.05) is 13.0 Å². The van der Waals surface area contributed by atoms with E-state index < -0.39 is 6.10 Å². The molecule has 0 radical (unpaired) electrons. The Labute approximate surface area is 133 Å². The van der Waals surface area contributed by atoms with Crippen molar-refractivity contribution in [2.45, 2.75) is 31.9 Å². The first-order valence-corrected chi connectivity index (χ1v) is 8.33. The van der Waals surface area contributed by atoms with Crippen LogP contribution in [0, 0.1) is 5.92 Å². The van der Waals surface area contributed by atoms with Gasteiger partial charge >= 0.3 is 6.03 Å². The lowest BCUT2D eigenvalue weighted by Gasteiger charge is -2.10. The third-order valence-corrected chi connectivity index (χ3v) is 4.88. The third-order valence-electron chi connectivity index (χ3n) is 3.91. The van der Waals surface area contributed by atoms with Crippen LogP contribution >= 0.6 is 11.3 Å². The Hall–Kier alpha value is -1.79. The van der Waals surface area contributed by atoms with E-state index in [1.54, 1.807) is 0 Å². The fraction of sp³-hybridized carbons (Fsp3) is 0.438. The molecular weight excluding hydrogens is 300 g/mol. The van der Waals surface area contributed by atoms with Crippen LogP contribution in [-0.4, -0.2) is 17.7 Å². The van der Waals surface area contributed by atoms with Gasteiger partial charge in [0.15, 0.2) is 0 Å². The van der Waals surface area contributed by atoms with Gasteiger partial charge in [0, 0.05) is 10.8 Å². The Bertz CT molecular complexity index is 623. The molecule has 22 heavy (non-hydrogen) atoms. The van der Waals surface area contributed by atoms with Crippen molar-refractivity contribution in [2.24, 2.45) is 5.92 Å². The maximum atomic E-state index is 11.7. The molecule has 1 aliphatic rings. The van der Waals surface area contributed by atoms with Crippen molar-refractivity contribution in [3.05, 3.63) is 46.0 Å². The van der Waals surface area contributed by atoms with Crippen LogP contribution in [0.3, 0.4) is 0 Å². The number of urea groups is 1. The number of furan rings is 1. The average molecular weight is 320 g/mol. The van der Waals surface area contributed by atoms with Crippen molar-refractivity contribution in [1.29, 1.82) is 0 Å². The van der Waals surface area contributed by atoms with Gasteiger partial charge in [0.05, 0.1) is 13.1 Å². The molecule has 0 spiro atoms. The van der Waals surface area contributed by atoms with Gasteiger partial charge in [-0.05, 0) is 35.9 Å². The SMILES string of the molecule is C[C@@H]1C[C@@H]1c1ccc(CNC(=O)NC[C@@H](O)c2cccs2)o1. The zero-order valence-corrected chi connectivity index (χ0v) is 13.2. The van der Waals surface area contributed by atoms with Gasteiger partial charge in [-0.3, -0.25) is 0 Å². The number of rotatable bonds is 6. The van der Waals surface area contributed by atoms with E-state index in [2.05, 4.69) is 17.6 Å². The quantitative estimate of drug-likeness (QED) is 0.766. The standard InChI is InChI=1S/C16H20N2O3S/c1-10-7-12(10)14-5-4-11(21-14)8-17-16(20)18-9-13(19)15-3-2-6-22-15/h2-6,10,12-13,19H,7-9H2,1H3,(H2,17,18,20)/t10-,12+,13-/m1/s1. The Morgan fingerprint density at radius 3 is 2.95 bits per heavy atom. The Morgan fingerprint density at radius 2 is 2.27 bits per heavy atom. The van der Waals surface area contributed by atoms with Gasteiger partial charge in [0.1, 0.15) is 17.6 Å². The highest BCUT2D eigenvalue weighted by molar-refractivity contribution is 7.10. The van der Waals surface area contributed by atoms with Gasteiger partial charge in [-0.25, -0.2) is 4.79 Å². The molecule has 3 atom stereocenters. The van der Waals surface area contributed by atoms with E-state index in [0.717, 1.165) is 16.4 Å². The van der Waals surface area contributed by atoms with E-state index in [9.17, 15) is 9.90 Å². The summed E-state index contributed by atoms with van der Waals surface area (Å²) in [5, 5.41) is 17.2. The topological polar surface area (TPSA) is 74.5 Å². The lowest BCUT2D eigenvalue weighted by Crippen LogP contribution is -2.37. The number of carbonyl (C=O) groups excluding carboxylic acids is 1. The van der Waals surface area contributed by atoms with Crippen molar-refractivity contribution >= 4 is 17.4 Å². The highest BCUT2D eigenvalue weighted by atomic mass is 32.1. The van der Waals surface area contributed by atoms with Crippen molar-refractivity contribution < 1.29 is 14.3 Å². The van der Waals surface area contributed by atoms with Crippen LogP contribution < -0.4 is 10.6 Å². The number of hydrogen-bond donors (Lipinski definition) is 3. The van der Waals surface area contributed by atoms with Crippen LogP contribution in [-0.2, 0) is 6.54 Å². The summed E-state index contributed by atoms with van der Waals surface area (Å²) in [4.78, 5) is 12.6. The summed E-state index contributed by atoms with van der Waals surface area (Å²) in [6.45, 7) is 2.74. The number of amides is 2. The number of thiophene rings is 1. The predicted molar refractivity (Wildman–Crippen MR) is 84.7 cm³/mol. The number of aliphatic hydroxyl groups excluding tert-OH is 1. The molecule has 5 nitrogen and oxygen atoms in total. The van der Waals surface area contributed by atoms with E-state index in [-0.39, 0.29) is 12.6 Å². The van der Waals surface area contributed by atoms with Crippen LogP contribution in [0.25, 0.3) is 0 Å². The Kier molecular flexibility index (Phi) is 4.49. The van der Waals surface area contributed by atoms with Gasteiger partial charge in [-0.15, -0.1) is 11.3 Å². The molecular formula is C16H20N2O3S. The second-order valence-corrected chi connectivity index (χ2v) is 6.70. The van der Waals surface area contributed by atoms with Gasteiger partial charge in [0.2, 0.25) is 0 Å². The maximum absolute atomic E-state index is 11.7. The van der Waals surface area contributed by atoms with E-state index in [1.807, 2.05) is 29.6 Å². The van der Waals surface area contributed by atoms with E-state index in [4.69, 9.17) is 4.42 Å². The molecule has 1 saturated carbocycles. The zero-order chi connectivity index (χ0) is 15.5. The predicted octanol–water partition coefficient (Wildman–Crippen LogP) is 3.00. The summed E-state index contributed by atoms with van der Waals surface area (Å²) in [7, 11) is 0. The molecule has 0 unspecified atom stereocenters. The molecule has 2 amide bonds. The van der Waals surface area contributed by atoms with Crippen LogP contribution in [0.15, 0.2) is 34.1 Å². The molecule has 3 rings (SSSR count). The third kappa shape index (κ3) is 3.69. The summed E-state index contributed by atoms with van der Waals surface area (Å²) in [6.07, 6.45) is 0.513. The molecule has 1 fully saturated rings. The molecule has 6 heteroatoms. The molecule has 2 aromatic rings. The molecule has 3 N–H and O–H groups in total. The van der Waals surface area contributed by atoms with Crippen molar-refractivity contribution in [2.75, 3.05) is 6.54 Å². The normalized spacial score (nSPS) is 21.4. The highest BCUT2D eigenvalue weighted by Crippen LogP contribution is 2.47. The molecule has 118 valence electrons. The largest absolute Gasteiger partial charge is 0.464 e. The maximum Gasteiger partial charge on any atom is 0.315 e. The number of nitrogens with one attached hydrogen (secondary N) is 2. The van der Waals surface area contributed by atoms with Gasteiger partial charge < -0.3 is 20.2 Å². The molecule has 1 aliphatic carbocycles. The van der Waals surface area contributed by atoms with Crippen molar-refractivity contribution in [3.8, 4) is 0 Å². The highest BCUT2D eigenvalue weighted by Gasteiger charge is 2.36. The first-order valence-electron chi connectivity index (χ1n) is 7.45. The van der Waals surface area contributed by atoms with Crippen molar-refractivity contribution in [1.82, 2.24) is 10.6 Å². The summed E-state index contributed by atoms with van der Waals surface area (Å²) < 4.78 is 5.72. The number of aliphatic hydroxyl groups is 1. The minimum Gasteiger partial charge on any atom is -0.464 e. The van der Waals surface area contributed by atoms with Crippen molar-refractivity contribution in [3.63, 3.8) is 0 Å². The van der Waals surface area contributed by atoms with E-state index >= 15 is 0 Å². The van der Waals surface area contributed by atoms with Crippen LogP contribution in [0.4, 0.5) is 4.79 Å². The minimum atomic E-state index is -0.669. The fourth-order valence-corrected chi connectivity index (χ4v) is 3.12. The molecule has 0 bridgehead atoms. The summed E-state index contributed by atoms with van der Waals surface area (Å²) in [5.41, 5.74) is 0. The first-order chi connectivity index (χ1) is 10.6.